The third kappa shape index (κ3) is 2.08. The number of carboxylic acids is 1. The quantitative estimate of drug-likeness (QED) is 0.804. The lowest BCUT2D eigenvalue weighted by atomic mass is 10.2. The number of fused-ring (bicyclic) bond motifs is 1. The molecule has 0 aliphatic rings. The first-order chi connectivity index (χ1) is 9.58. The first kappa shape index (κ1) is 12.8. The number of nitrogens with zero attached hydrogens (tertiary/aromatic N) is 3. The van der Waals surface area contributed by atoms with Crippen LogP contribution in [-0.2, 0) is 13.5 Å². The molecule has 0 unspecified atom stereocenters. The number of thiazole rings is 1. The molecule has 0 spiro atoms. The molecular formula is C14H13N3O2S. The lowest BCUT2D eigenvalue weighted by molar-refractivity contribution is 0.0697. The van der Waals surface area contributed by atoms with Crippen LogP contribution in [0.15, 0.2) is 24.3 Å². The van der Waals surface area contributed by atoms with Gasteiger partial charge in [-0.2, -0.15) is 5.10 Å². The van der Waals surface area contributed by atoms with E-state index < -0.39 is 5.97 Å². The van der Waals surface area contributed by atoms with E-state index in [1.54, 1.807) is 18.2 Å². The zero-order valence-corrected chi connectivity index (χ0v) is 11.9. The van der Waals surface area contributed by atoms with Crippen molar-refractivity contribution in [2.75, 3.05) is 0 Å². The summed E-state index contributed by atoms with van der Waals surface area (Å²) in [6.07, 6.45) is 0.877. The van der Waals surface area contributed by atoms with Crippen LogP contribution >= 0.6 is 11.3 Å². The van der Waals surface area contributed by atoms with Crippen LogP contribution in [0.3, 0.4) is 0 Å². The minimum Gasteiger partial charge on any atom is -0.478 e. The van der Waals surface area contributed by atoms with E-state index in [4.69, 9.17) is 5.11 Å². The van der Waals surface area contributed by atoms with Gasteiger partial charge in [0.1, 0.15) is 5.01 Å². The van der Waals surface area contributed by atoms with Gasteiger partial charge in [0, 0.05) is 7.05 Å². The van der Waals surface area contributed by atoms with Crippen LogP contribution in [0.5, 0.6) is 0 Å². The molecule has 0 saturated heterocycles. The van der Waals surface area contributed by atoms with E-state index >= 15 is 0 Å². The zero-order valence-electron chi connectivity index (χ0n) is 11.1. The maximum Gasteiger partial charge on any atom is 0.335 e. The number of aromatic nitrogens is 3. The van der Waals surface area contributed by atoms with Gasteiger partial charge in [-0.3, -0.25) is 4.68 Å². The first-order valence-electron chi connectivity index (χ1n) is 6.25. The Hall–Kier alpha value is -2.21. The highest BCUT2D eigenvalue weighted by Gasteiger charge is 2.13. The predicted molar refractivity (Wildman–Crippen MR) is 78.2 cm³/mol. The molecule has 0 bridgehead atoms. The van der Waals surface area contributed by atoms with Crippen molar-refractivity contribution in [2.45, 2.75) is 13.3 Å². The standard InChI is InChI=1S/C14H13N3O2S/c1-3-9-7-11(17(2)16-9)13-15-10-5-4-8(14(18)19)6-12(10)20-13/h4-7H,3H2,1-2H3,(H,18,19). The molecular weight excluding hydrogens is 274 g/mol. The fraction of sp³-hybridized carbons (Fsp3) is 0.214. The molecule has 0 aliphatic carbocycles. The Morgan fingerprint density at radius 1 is 1.40 bits per heavy atom. The molecule has 0 radical (unpaired) electrons. The number of carbonyl (C=O) groups is 1. The summed E-state index contributed by atoms with van der Waals surface area (Å²) in [5.74, 6) is -0.921. The summed E-state index contributed by atoms with van der Waals surface area (Å²) in [6, 6.07) is 7.01. The molecule has 0 saturated carbocycles. The van der Waals surface area contributed by atoms with Crippen LogP contribution in [0.1, 0.15) is 23.0 Å². The lowest BCUT2D eigenvalue weighted by Crippen LogP contribution is -1.94. The second-order valence-corrected chi connectivity index (χ2v) is 5.54. The van der Waals surface area contributed by atoms with Crippen LogP contribution in [0.25, 0.3) is 20.9 Å². The SMILES string of the molecule is CCc1cc(-c2nc3ccc(C(=O)O)cc3s2)n(C)n1. The van der Waals surface area contributed by atoms with Crippen LogP contribution in [-0.4, -0.2) is 25.8 Å². The van der Waals surface area contributed by atoms with Gasteiger partial charge >= 0.3 is 5.97 Å². The molecule has 102 valence electrons. The molecule has 0 amide bonds. The fourth-order valence-electron chi connectivity index (χ4n) is 2.07. The minimum atomic E-state index is -0.921. The van der Waals surface area contributed by atoms with E-state index in [0.717, 1.165) is 33.0 Å². The lowest BCUT2D eigenvalue weighted by Gasteiger charge is -1.94. The Morgan fingerprint density at radius 2 is 2.20 bits per heavy atom. The summed E-state index contributed by atoms with van der Waals surface area (Å²) in [4.78, 5) is 15.5. The van der Waals surface area contributed by atoms with Gasteiger partial charge in [0.25, 0.3) is 0 Å². The summed E-state index contributed by atoms with van der Waals surface area (Å²) < 4.78 is 2.69. The van der Waals surface area contributed by atoms with Gasteiger partial charge in [0.15, 0.2) is 0 Å². The van der Waals surface area contributed by atoms with Gasteiger partial charge in [-0.25, -0.2) is 9.78 Å². The molecule has 5 nitrogen and oxygen atoms in total. The monoisotopic (exact) mass is 287 g/mol. The van der Waals surface area contributed by atoms with Gasteiger partial charge in [-0.05, 0) is 30.7 Å². The third-order valence-corrected chi connectivity index (χ3v) is 4.19. The van der Waals surface area contributed by atoms with Crippen molar-refractivity contribution in [2.24, 2.45) is 7.05 Å². The van der Waals surface area contributed by atoms with Crippen molar-refractivity contribution in [1.82, 2.24) is 14.8 Å². The number of rotatable bonds is 3. The zero-order chi connectivity index (χ0) is 14.3. The van der Waals surface area contributed by atoms with Gasteiger partial charge in [0.05, 0.1) is 27.2 Å². The van der Waals surface area contributed by atoms with E-state index in [1.807, 2.05) is 17.8 Å². The molecule has 20 heavy (non-hydrogen) atoms. The molecule has 2 aromatic heterocycles. The average Bonchev–Trinajstić information content (AvgIpc) is 3.00. The second kappa shape index (κ2) is 4.72. The molecule has 2 heterocycles. The van der Waals surface area contributed by atoms with Crippen molar-refractivity contribution in [3.63, 3.8) is 0 Å². The van der Waals surface area contributed by atoms with Crippen LogP contribution in [0.2, 0.25) is 0 Å². The van der Waals surface area contributed by atoms with Gasteiger partial charge in [0.2, 0.25) is 0 Å². The predicted octanol–water partition coefficient (Wildman–Crippen LogP) is 2.96. The van der Waals surface area contributed by atoms with Crippen molar-refractivity contribution >= 4 is 27.5 Å². The van der Waals surface area contributed by atoms with E-state index in [-0.39, 0.29) is 5.56 Å². The molecule has 0 aliphatic heterocycles. The Labute approximate surface area is 119 Å². The topological polar surface area (TPSA) is 68.0 Å². The average molecular weight is 287 g/mol. The summed E-state index contributed by atoms with van der Waals surface area (Å²) in [6.45, 7) is 2.06. The number of carboxylic acid groups (broad SMARTS) is 1. The van der Waals surface area contributed by atoms with Crippen molar-refractivity contribution in [3.05, 3.63) is 35.5 Å². The summed E-state index contributed by atoms with van der Waals surface area (Å²) >= 11 is 1.48. The first-order valence-corrected chi connectivity index (χ1v) is 7.07. The normalized spacial score (nSPS) is 11.1. The maximum absolute atomic E-state index is 11.0. The summed E-state index contributed by atoms with van der Waals surface area (Å²) in [5, 5.41) is 14.3. The maximum atomic E-state index is 11.0. The van der Waals surface area contributed by atoms with Crippen molar-refractivity contribution in [3.8, 4) is 10.7 Å². The number of hydrogen-bond donors (Lipinski definition) is 1. The van der Waals surface area contributed by atoms with Crippen LogP contribution in [0.4, 0.5) is 0 Å². The minimum absolute atomic E-state index is 0.284. The van der Waals surface area contributed by atoms with Crippen LogP contribution in [0, 0.1) is 0 Å². The Kier molecular flexibility index (Phi) is 3.02. The molecule has 3 aromatic rings. The summed E-state index contributed by atoms with van der Waals surface area (Å²) in [7, 11) is 1.89. The third-order valence-electron chi connectivity index (χ3n) is 3.15. The number of benzene rings is 1. The molecule has 3 rings (SSSR count). The Balaban J connectivity index is 2.12. The van der Waals surface area contributed by atoms with Gasteiger partial charge < -0.3 is 5.11 Å². The van der Waals surface area contributed by atoms with Gasteiger partial charge in [-0.1, -0.05) is 6.92 Å². The van der Waals surface area contributed by atoms with Crippen LogP contribution < -0.4 is 0 Å². The van der Waals surface area contributed by atoms with E-state index in [9.17, 15) is 4.79 Å². The molecule has 0 atom stereocenters. The van der Waals surface area contributed by atoms with Crippen molar-refractivity contribution < 1.29 is 9.90 Å². The highest BCUT2D eigenvalue weighted by atomic mass is 32.1. The molecule has 0 fully saturated rings. The smallest absolute Gasteiger partial charge is 0.335 e. The Bertz CT molecular complexity index is 804. The van der Waals surface area contributed by atoms with Crippen molar-refractivity contribution in [1.29, 1.82) is 0 Å². The number of aryl methyl sites for hydroxylation is 2. The van der Waals surface area contributed by atoms with E-state index in [2.05, 4.69) is 17.0 Å². The number of aromatic carboxylic acids is 1. The fourth-order valence-corrected chi connectivity index (χ4v) is 3.12. The summed E-state index contributed by atoms with van der Waals surface area (Å²) in [5.41, 5.74) is 3.08. The number of hydrogen-bond acceptors (Lipinski definition) is 4. The highest BCUT2D eigenvalue weighted by molar-refractivity contribution is 7.21. The van der Waals surface area contributed by atoms with E-state index in [1.165, 1.54) is 11.3 Å². The van der Waals surface area contributed by atoms with Gasteiger partial charge in [-0.15, -0.1) is 11.3 Å². The van der Waals surface area contributed by atoms with E-state index in [0.29, 0.717) is 0 Å². The largest absolute Gasteiger partial charge is 0.478 e. The Morgan fingerprint density at radius 3 is 2.85 bits per heavy atom. The molecule has 1 aromatic carbocycles. The molecule has 6 heteroatoms. The highest BCUT2D eigenvalue weighted by Crippen LogP contribution is 2.31. The second-order valence-electron chi connectivity index (χ2n) is 4.50. The molecule has 1 N–H and O–H groups in total.